The quantitative estimate of drug-likeness (QED) is 0.454. The molecule has 70 valence electrons. The average Bonchev–Trinajstić information content (AvgIpc) is 1.95. The summed E-state index contributed by atoms with van der Waals surface area (Å²) in [7, 11) is 0. The van der Waals surface area contributed by atoms with Crippen LogP contribution in [0.3, 0.4) is 0 Å². The van der Waals surface area contributed by atoms with Crippen LogP contribution in [0.5, 0.6) is 0 Å². The number of carbonyl (C=O) groups is 1. The van der Waals surface area contributed by atoms with Crippen LogP contribution < -0.4 is 0 Å². The van der Waals surface area contributed by atoms with Crippen molar-refractivity contribution in [2.75, 3.05) is 6.61 Å². The highest BCUT2D eigenvalue weighted by Crippen LogP contribution is 2.30. The summed E-state index contributed by atoms with van der Waals surface area (Å²) in [6, 6.07) is 0. The largest absolute Gasteiger partial charge is 0.465 e. The molecule has 0 radical (unpaired) electrons. The van der Waals surface area contributed by atoms with E-state index in [9.17, 15) is 4.79 Å². The molecule has 1 heterocycles. The summed E-state index contributed by atoms with van der Waals surface area (Å²) in [5.41, 5.74) is 0. The zero-order valence-corrected chi connectivity index (χ0v) is 8.49. The third-order valence-electron chi connectivity index (χ3n) is 1.95. The molecule has 2 atom stereocenters. The predicted octanol–water partition coefficient (Wildman–Crippen LogP) is 2.32. The zero-order chi connectivity index (χ0) is 9.19. The van der Waals surface area contributed by atoms with Crippen molar-refractivity contribution in [1.82, 2.24) is 0 Å². The van der Waals surface area contributed by atoms with Crippen molar-refractivity contribution in [3.05, 3.63) is 0 Å². The van der Waals surface area contributed by atoms with Crippen LogP contribution in [-0.4, -0.2) is 22.8 Å². The first-order valence-corrected chi connectivity index (χ1v) is 4.82. The van der Waals surface area contributed by atoms with Gasteiger partial charge in [-0.3, -0.25) is 4.79 Å². The van der Waals surface area contributed by atoms with E-state index in [1.54, 1.807) is 0 Å². The fraction of sp³-hybridized carbons (Fsp3) is 0.875. The molecule has 0 aromatic rings. The van der Waals surface area contributed by atoms with Crippen LogP contribution in [0.15, 0.2) is 0 Å². The Morgan fingerprint density at radius 1 is 1.67 bits per heavy atom. The molecule has 0 aromatic carbocycles. The number of cyclic esters (lactones) is 1. The monoisotopic (exact) mass is 210 g/mol. The Labute approximate surface area is 82.2 Å². The Morgan fingerprint density at radius 2 is 2.33 bits per heavy atom. The van der Waals surface area contributed by atoms with E-state index in [-0.39, 0.29) is 10.8 Å². The molecule has 0 bridgehead atoms. The number of hydrogen-bond acceptors (Lipinski definition) is 2. The summed E-state index contributed by atoms with van der Waals surface area (Å²) in [5.74, 6) is -0.344. The van der Waals surface area contributed by atoms with Crippen molar-refractivity contribution < 1.29 is 9.53 Å². The molecular formula is C8H12Cl2O2. The summed E-state index contributed by atoms with van der Waals surface area (Å²) in [6.07, 6.45) is 2.13. The van der Waals surface area contributed by atoms with Gasteiger partial charge in [0.1, 0.15) is 5.38 Å². The number of carbonyl (C=O) groups excluding carboxylic acids is 1. The minimum atomic E-state index is -0.590. The number of esters is 1. The lowest BCUT2D eigenvalue weighted by molar-refractivity contribution is -0.144. The Balaban J connectivity index is 2.59. The van der Waals surface area contributed by atoms with Gasteiger partial charge in [-0.1, -0.05) is 0 Å². The topological polar surface area (TPSA) is 26.3 Å². The van der Waals surface area contributed by atoms with Crippen LogP contribution in [-0.2, 0) is 9.53 Å². The van der Waals surface area contributed by atoms with Gasteiger partial charge in [-0.25, -0.2) is 0 Å². The molecule has 0 N–H and O–H groups in total. The van der Waals surface area contributed by atoms with Gasteiger partial charge in [-0.2, -0.15) is 0 Å². The number of alkyl halides is 2. The third-order valence-corrected chi connectivity index (χ3v) is 2.62. The average molecular weight is 211 g/mol. The lowest BCUT2D eigenvalue weighted by Gasteiger charge is -2.26. The smallest absolute Gasteiger partial charge is 0.324 e. The maximum absolute atomic E-state index is 11.0. The summed E-state index contributed by atoms with van der Waals surface area (Å²) < 4.78 is 4.86. The van der Waals surface area contributed by atoms with Gasteiger partial charge in [0.05, 0.1) is 6.61 Å². The van der Waals surface area contributed by atoms with Gasteiger partial charge in [0.15, 0.2) is 0 Å². The summed E-state index contributed by atoms with van der Waals surface area (Å²) in [6.45, 7) is 2.34. The fourth-order valence-corrected chi connectivity index (χ4v) is 2.03. The van der Waals surface area contributed by atoms with Gasteiger partial charge in [0.2, 0.25) is 0 Å². The van der Waals surface area contributed by atoms with Crippen LogP contribution in [0.25, 0.3) is 0 Å². The van der Waals surface area contributed by atoms with Crippen LogP contribution in [0.1, 0.15) is 26.2 Å². The van der Waals surface area contributed by atoms with Crippen LogP contribution >= 0.6 is 23.2 Å². The number of halogens is 2. The minimum absolute atomic E-state index is 0.344. The predicted molar refractivity (Wildman–Crippen MR) is 48.7 cm³/mol. The van der Waals surface area contributed by atoms with Crippen LogP contribution in [0.2, 0.25) is 0 Å². The van der Waals surface area contributed by atoms with Crippen molar-refractivity contribution in [1.29, 1.82) is 0 Å². The minimum Gasteiger partial charge on any atom is -0.465 e. The lowest BCUT2D eigenvalue weighted by Crippen LogP contribution is -2.31. The number of rotatable bonds is 0. The SMILES string of the molecule is C[C@@]1(Cl)CCCOC(=O)[C@H](Cl)C1. The van der Waals surface area contributed by atoms with E-state index in [0.29, 0.717) is 13.0 Å². The first kappa shape index (κ1) is 10.1. The van der Waals surface area contributed by atoms with Gasteiger partial charge in [0, 0.05) is 4.87 Å². The van der Waals surface area contributed by atoms with Crippen molar-refractivity contribution in [3.8, 4) is 0 Å². The van der Waals surface area contributed by atoms with Gasteiger partial charge in [-0.15, -0.1) is 23.2 Å². The van der Waals surface area contributed by atoms with E-state index < -0.39 is 5.38 Å². The standard InChI is InChI=1S/C8H12Cl2O2/c1-8(10)3-2-4-12-7(11)6(9)5-8/h6H,2-5H2,1H3/t6-,8-/m1/s1. The summed E-state index contributed by atoms with van der Waals surface area (Å²) in [4.78, 5) is 10.7. The van der Waals surface area contributed by atoms with E-state index in [1.807, 2.05) is 6.92 Å². The first-order valence-electron chi connectivity index (χ1n) is 4.01. The molecule has 0 saturated carbocycles. The van der Waals surface area contributed by atoms with E-state index >= 15 is 0 Å². The molecule has 1 saturated heterocycles. The Hall–Kier alpha value is 0.0500. The van der Waals surface area contributed by atoms with E-state index in [2.05, 4.69) is 0 Å². The maximum Gasteiger partial charge on any atom is 0.324 e. The lowest BCUT2D eigenvalue weighted by atomic mass is 9.98. The second-order valence-electron chi connectivity index (χ2n) is 3.36. The Bertz CT molecular complexity index is 180. The molecule has 4 heteroatoms. The molecule has 0 unspecified atom stereocenters. The highest BCUT2D eigenvalue weighted by molar-refractivity contribution is 6.31. The fourth-order valence-electron chi connectivity index (χ4n) is 1.26. The molecule has 0 spiro atoms. The molecule has 12 heavy (non-hydrogen) atoms. The third kappa shape index (κ3) is 2.83. The zero-order valence-electron chi connectivity index (χ0n) is 6.98. The summed E-state index contributed by atoms with van der Waals surface area (Å²) in [5, 5.41) is -0.590. The van der Waals surface area contributed by atoms with Crippen molar-refractivity contribution >= 4 is 29.2 Å². The number of hydrogen-bond donors (Lipinski definition) is 0. The molecule has 2 nitrogen and oxygen atoms in total. The highest BCUT2D eigenvalue weighted by Gasteiger charge is 2.31. The molecule has 0 aromatic heterocycles. The van der Waals surface area contributed by atoms with Crippen molar-refractivity contribution in [2.24, 2.45) is 0 Å². The Kier molecular flexibility index (Phi) is 3.24. The molecular weight excluding hydrogens is 199 g/mol. The second-order valence-corrected chi connectivity index (χ2v) is 4.80. The molecule has 1 rings (SSSR count). The van der Waals surface area contributed by atoms with Crippen molar-refractivity contribution in [2.45, 2.75) is 36.4 Å². The van der Waals surface area contributed by atoms with Gasteiger partial charge < -0.3 is 4.74 Å². The second kappa shape index (κ2) is 3.84. The number of ether oxygens (including phenoxy) is 1. The van der Waals surface area contributed by atoms with Crippen molar-refractivity contribution in [3.63, 3.8) is 0 Å². The van der Waals surface area contributed by atoms with E-state index in [0.717, 1.165) is 12.8 Å². The molecule has 0 amide bonds. The molecule has 1 aliphatic heterocycles. The Morgan fingerprint density at radius 3 is 3.00 bits per heavy atom. The van der Waals surface area contributed by atoms with E-state index in [4.69, 9.17) is 27.9 Å². The van der Waals surface area contributed by atoms with Crippen LogP contribution in [0.4, 0.5) is 0 Å². The maximum atomic E-state index is 11.0. The first-order chi connectivity index (χ1) is 5.51. The molecule has 0 aliphatic carbocycles. The van der Waals surface area contributed by atoms with Gasteiger partial charge in [-0.05, 0) is 26.2 Å². The normalized spacial score (nSPS) is 38.2. The van der Waals surface area contributed by atoms with Gasteiger partial charge in [0.25, 0.3) is 0 Å². The van der Waals surface area contributed by atoms with Crippen LogP contribution in [0, 0.1) is 0 Å². The van der Waals surface area contributed by atoms with Gasteiger partial charge >= 0.3 is 5.97 Å². The molecule has 1 aliphatic rings. The van der Waals surface area contributed by atoms with E-state index in [1.165, 1.54) is 0 Å². The summed E-state index contributed by atoms with van der Waals surface area (Å²) >= 11 is 11.9. The molecule has 1 fully saturated rings. The highest BCUT2D eigenvalue weighted by atomic mass is 35.5.